The van der Waals surface area contributed by atoms with E-state index in [1.54, 1.807) is 4.90 Å². The lowest BCUT2D eigenvalue weighted by Crippen LogP contribution is -2.54. The number of hydrogen-bond donors (Lipinski definition) is 2. The summed E-state index contributed by atoms with van der Waals surface area (Å²) in [5.74, 6) is -1.13. The first-order valence-electron chi connectivity index (χ1n) is 5.72. The first-order valence-corrected chi connectivity index (χ1v) is 5.72. The van der Waals surface area contributed by atoms with E-state index in [9.17, 15) is 9.59 Å². The highest BCUT2D eigenvalue weighted by atomic mass is 16.5. The third-order valence-electron chi connectivity index (χ3n) is 2.72. The number of hydrogen-bond acceptors (Lipinski definition) is 4. The van der Waals surface area contributed by atoms with Crippen molar-refractivity contribution in [3.63, 3.8) is 0 Å². The fourth-order valence-corrected chi connectivity index (χ4v) is 1.84. The van der Waals surface area contributed by atoms with Crippen molar-refractivity contribution in [2.75, 3.05) is 19.7 Å². The Morgan fingerprint density at radius 2 is 2.18 bits per heavy atom. The predicted octanol–water partition coefficient (Wildman–Crippen LogP) is -0.184. The van der Waals surface area contributed by atoms with Crippen LogP contribution in [0.4, 0.5) is 0 Å². The van der Waals surface area contributed by atoms with E-state index >= 15 is 0 Å². The maximum absolute atomic E-state index is 12.0. The molecule has 1 heterocycles. The standard InChI is InChI=1S/C11H20N2O4/c1-11(2)7-13(5-6-17-11)10(16)8(12)3-4-9(14)15/h8H,3-7,12H2,1-2H3,(H,14,15). The van der Waals surface area contributed by atoms with Gasteiger partial charge in [-0.05, 0) is 20.3 Å². The number of rotatable bonds is 4. The van der Waals surface area contributed by atoms with Crippen LogP contribution in [-0.2, 0) is 14.3 Å². The second-order valence-electron chi connectivity index (χ2n) is 4.91. The molecule has 1 rings (SSSR count). The molecule has 1 aliphatic heterocycles. The molecule has 1 unspecified atom stereocenters. The average molecular weight is 244 g/mol. The molecule has 3 N–H and O–H groups in total. The summed E-state index contributed by atoms with van der Waals surface area (Å²) in [6.45, 7) is 5.32. The van der Waals surface area contributed by atoms with Gasteiger partial charge in [-0.25, -0.2) is 0 Å². The fraction of sp³-hybridized carbons (Fsp3) is 0.818. The summed E-state index contributed by atoms with van der Waals surface area (Å²) in [6, 6.07) is -0.736. The number of ether oxygens (including phenoxy) is 1. The van der Waals surface area contributed by atoms with Gasteiger partial charge < -0.3 is 20.5 Å². The summed E-state index contributed by atoms with van der Waals surface area (Å²) in [5.41, 5.74) is 5.33. The molecule has 0 saturated carbocycles. The van der Waals surface area contributed by atoms with E-state index < -0.39 is 12.0 Å². The van der Waals surface area contributed by atoms with Crippen LogP contribution in [-0.4, -0.2) is 53.2 Å². The summed E-state index contributed by atoms with van der Waals surface area (Å²) >= 11 is 0. The summed E-state index contributed by atoms with van der Waals surface area (Å²) in [4.78, 5) is 24.0. The molecular weight excluding hydrogens is 224 g/mol. The topological polar surface area (TPSA) is 92.9 Å². The quantitative estimate of drug-likeness (QED) is 0.715. The number of carbonyl (C=O) groups excluding carboxylic acids is 1. The molecule has 0 aromatic carbocycles. The van der Waals surface area contributed by atoms with Crippen molar-refractivity contribution in [1.82, 2.24) is 4.90 Å². The van der Waals surface area contributed by atoms with Crippen LogP contribution in [0, 0.1) is 0 Å². The van der Waals surface area contributed by atoms with E-state index in [1.165, 1.54) is 0 Å². The minimum atomic E-state index is -0.935. The lowest BCUT2D eigenvalue weighted by molar-refractivity contribution is -0.147. The van der Waals surface area contributed by atoms with Gasteiger partial charge in [0.15, 0.2) is 0 Å². The van der Waals surface area contributed by atoms with Crippen molar-refractivity contribution in [3.8, 4) is 0 Å². The molecule has 17 heavy (non-hydrogen) atoms. The molecule has 0 aliphatic carbocycles. The first-order chi connectivity index (χ1) is 7.82. The van der Waals surface area contributed by atoms with Crippen molar-refractivity contribution >= 4 is 11.9 Å². The Hall–Kier alpha value is -1.14. The second-order valence-corrected chi connectivity index (χ2v) is 4.91. The molecule has 98 valence electrons. The van der Waals surface area contributed by atoms with E-state index in [1.807, 2.05) is 13.8 Å². The summed E-state index contributed by atoms with van der Waals surface area (Å²) in [5, 5.41) is 8.54. The van der Waals surface area contributed by atoms with Gasteiger partial charge in [0, 0.05) is 19.5 Å². The van der Waals surface area contributed by atoms with Gasteiger partial charge in [-0.2, -0.15) is 0 Å². The van der Waals surface area contributed by atoms with Crippen molar-refractivity contribution in [2.24, 2.45) is 5.73 Å². The van der Waals surface area contributed by atoms with Gasteiger partial charge in [0.1, 0.15) is 0 Å². The number of amides is 1. The highest BCUT2D eigenvalue weighted by Gasteiger charge is 2.31. The molecular formula is C11H20N2O4. The third-order valence-corrected chi connectivity index (χ3v) is 2.72. The van der Waals surface area contributed by atoms with Gasteiger partial charge in [0.2, 0.25) is 5.91 Å². The van der Waals surface area contributed by atoms with E-state index in [2.05, 4.69) is 0 Å². The Labute approximate surface area is 101 Å². The van der Waals surface area contributed by atoms with Gasteiger partial charge >= 0.3 is 5.97 Å². The smallest absolute Gasteiger partial charge is 0.303 e. The number of carbonyl (C=O) groups is 2. The van der Waals surface area contributed by atoms with Crippen LogP contribution < -0.4 is 5.73 Å². The minimum absolute atomic E-state index is 0.0827. The van der Waals surface area contributed by atoms with Crippen LogP contribution >= 0.6 is 0 Å². The first kappa shape index (κ1) is 13.9. The molecule has 0 bridgehead atoms. The molecule has 6 heteroatoms. The Morgan fingerprint density at radius 3 is 2.71 bits per heavy atom. The van der Waals surface area contributed by atoms with Gasteiger partial charge in [-0.3, -0.25) is 9.59 Å². The normalized spacial score (nSPS) is 21.0. The molecule has 6 nitrogen and oxygen atoms in total. The van der Waals surface area contributed by atoms with Crippen molar-refractivity contribution in [3.05, 3.63) is 0 Å². The number of morpholine rings is 1. The summed E-state index contributed by atoms with van der Waals surface area (Å²) < 4.78 is 5.49. The van der Waals surface area contributed by atoms with E-state index in [4.69, 9.17) is 15.6 Å². The van der Waals surface area contributed by atoms with Gasteiger partial charge in [0.25, 0.3) is 0 Å². The van der Waals surface area contributed by atoms with Crippen LogP contribution in [0.15, 0.2) is 0 Å². The van der Waals surface area contributed by atoms with Crippen molar-refractivity contribution in [2.45, 2.75) is 38.3 Å². The molecule has 1 amide bonds. The Balaban J connectivity index is 2.48. The summed E-state index contributed by atoms with van der Waals surface area (Å²) in [7, 11) is 0. The van der Waals surface area contributed by atoms with Crippen LogP contribution in [0.5, 0.6) is 0 Å². The third kappa shape index (κ3) is 4.32. The molecule has 0 aromatic rings. The molecule has 0 aromatic heterocycles. The molecule has 0 radical (unpaired) electrons. The van der Waals surface area contributed by atoms with Gasteiger partial charge in [0.05, 0.1) is 18.2 Å². The monoisotopic (exact) mass is 244 g/mol. The van der Waals surface area contributed by atoms with Crippen LogP contribution in [0.25, 0.3) is 0 Å². The van der Waals surface area contributed by atoms with Crippen molar-refractivity contribution < 1.29 is 19.4 Å². The van der Waals surface area contributed by atoms with Crippen LogP contribution in [0.2, 0.25) is 0 Å². The Kier molecular flexibility index (Phi) is 4.47. The number of nitrogens with two attached hydrogens (primary N) is 1. The van der Waals surface area contributed by atoms with E-state index in [0.29, 0.717) is 19.7 Å². The van der Waals surface area contributed by atoms with Crippen molar-refractivity contribution in [1.29, 1.82) is 0 Å². The lowest BCUT2D eigenvalue weighted by atomic mass is 10.1. The Bertz CT molecular complexity index is 304. The number of carboxylic acids is 1. The van der Waals surface area contributed by atoms with Gasteiger partial charge in [-0.1, -0.05) is 0 Å². The predicted molar refractivity (Wildman–Crippen MR) is 61.5 cm³/mol. The lowest BCUT2D eigenvalue weighted by Gasteiger charge is -2.39. The zero-order valence-electron chi connectivity index (χ0n) is 10.3. The SMILES string of the molecule is CC1(C)CN(C(=O)C(N)CCC(=O)O)CCO1. The molecule has 1 fully saturated rings. The maximum atomic E-state index is 12.0. The number of aliphatic carboxylic acids is 1. The zero-order valence-corrected chi connectivity index (χ0v) is 10.3. The average Bonchev–Trinajstić information content (AvgIpc) is 2.23. The zero-order chi connectivity index (χ0) is 13.1. The Morgan fingerprint density at radius 1 is 1.53 bits per heavy atom. The minimum Gasteiger partial charge on any atom is -0.481 e. The number of carboxylic acid groups (broad SMARTS) is 1. The highest BCUT2D eigenvalue weighted by molar-refractivity contribution is 5.82. The van der Waals surface area contributed by atoms with E-state index in [-0.39, 0.29) is 24.3 Å². The molecule has 1 aliphatic rings. The molecule has 1 atom stereocenters. The summed E-state index contributed by atoms with van der Waals surface area (Å²) in [6.07, 6.45) is 0.0899. The second kappa shape index (κ2) is 5.46. The largest absolute Gasteiger partial charge is 0.481 e. The van der Waals surface area contributed by atoms with Crippen LogP contribution in [0.3, 0.4) is 0 Å². The molecule has 0 spiro atoms. The highest BCUT2D eigenvalue weighted by Crippen LogP contribution is 2.17. The number of nitrogens with zero attached hydrogens (tertiary/aromatic N) is 1. The fourth-order valence-electron chi connectivity index (χ4n) is 1.84. The molecule has 1 saturated heterocycles. The van der Waals surface area contributed by atoms with Crippen LogP contribution in [0.1, 0.15) is 26.7 Å². The van der Waals surface area contributed by atoms with E-state index in [0.717, 1.165) is 0 Å². The maximum Gasteiger partial charge on any atom is 0.303 e. The van der Waals surface area contributed by atoms with Gasteiger partial charge in [-0.15, -0.1) is 0 Å².